The van der Waals surface area contributed by atoms with Crippen LogP contribution < -0.4 is 23.7 Å². The van der Waals surface area contributed by atoms with Crippen molar-refractivity contribution in [3.8, 4) is 103 Å². The number of hydrogen-bond acceptors (Lipinski definition) is 30. The van der Waals surface area contributed by atoms with Gasteiger partial charge in [-0.25, -0.2) is 0 Å². The first-order valence-corrected chi connectivity index (χ1v) is 36.3. The highest BCUT2D eigenvalue weighted by Crippen LogP contribution is 2.42. The summed E-state index contributed by atoms with van der Waals surface area (Å²) < 4.78 is 25.3. The van der Waals surface area contributed by atoms with E-state index in [1.54, 1.807) is 93.1 Å². The van der Waals surface area contributed by atoms with Gasteiger partial charge in [0.15, 0.2) is 23.0 Å². The van der Waals surface area contributed by atoms with E-state index in [2.05, 4.69) is 0 Å². The standard InChI is InChI=1S/C17H20O4.C15H16O6.2C15H16O5.C14H14O6.C14H14O4/c1-11-4-6-12(7-5-11)16(18)17(19)13-8-14(20-2)10-15(9-13)21-3;1-21-13-6-8(2-3-12(13)18)14(19)15(20)9-4-10(16)7-11(17)5-9;1-20-13-4-2-9(3-5-13)14(18)15(19)10-6-11(16)8-12(17)7-10;1-20-13-7-10(6-12(17)8-13)15(19)14(18)9-2-4-11(16)5-3-9;15-9-3-8(4-10(16)6-9)14(20)13(19)7-1-2-11(17)12(18)5-7;15-11-6-10(7-12(16)8-11)14(18)13(17)9-4-2-1-3-5-9/h4-10,16-19H,1-3H3;2-7,14-20H,1H3;2*2-8,14-19H,1H3;1-6,13-20H;1-8,13-18H. The second-order valence-electron chi connectivity index (χ2n) is 26.9. The molecular weight excluding hydrogens is 1560 g/mol. The van der Waals surface area contributed by atoms with Crippen molar-refractivity contribution in [1.29, 1.82) is 0 Å². The van der Waals surface area contributed by atoms with E-state index < -0.39 is 79.0 Å². The maximum Gasteiger partial charge on any atom is 0.160 e. The van der Waals surface area contributed by atoms with Crippen LogP contribution in [0.1, 0.15) is 146 Å². The molecule has 30 heteroatoms. The Morgan fingerprint density at radius 2 is 0.425 bits per heavy atom. The molecule has 0 aromatic heterocycles. The summed E-state index contributed by atoms with van der Waals surface area (Å²) in [6, 6.07) is 60.4. The number of benzene rings is 12. The fraction of sp³-hybridized carbons (Fsp3) is 0.200. The first kappa shape index (κ1) is 93.7. The third kappa shape index (κ3) is 26.8. The maximum atomic E-state index is 10.4. The molecule has 0 saturated carbocycles. The zero-order valence-corrected chi connectivity index (χ0v) is 65.3. The predicted molar refractivity (Wildman–Crippen MR) is 436 cm³/mol. The number of hydrogen-bond donors (Lipinski definition) is 25. The predicted octanol–water partition coefficient (Wildman–Crippen LogP) is 11.2. The molecule has 0 aliphatic carbocycles. The van der Waals surface area contributed by atoms with Gasteiger partial charge in [0.05, 0.1) is 35.5 Å². The molecule has 0 aliphatic rings. The molecule has 636 valence electrons. The van der Waals surface area contributed by atoms with E-state index in [1.807, 2.05) is 25.1 Å². The zero-order valence-electron chi connectivity index (χ0n) is 65.3. The monoisotopic (exact) mass is 1660 g/mol. The molecule has 30 nitrogen and oxygen atoms in total. The van der Waals surface area contributed by atoms with Crippen LogP contribution in [0.4, 0.5) is 0 Å². The molecule has 12 aromatic carbocycles. The number of phenols is 13. The van der Waals surface area contributed by atoms with Crippen LogP contribution in [0.25, 0.3) is 0 Å². The second-order valence-corrected chi connectivity index (χ2v) is 26.9. The molecule has 0 fully saturated rings. The van der Waals surface area contributed by atoms with E-state index >= 15 is 0 Å². The Balaban J connectivity index is 0.000000199. The lowest BCUT2D eigenvalue weighted by molar-refractivity contribution is 0.0169. The van der Waals surface area contributed by atoms with Crippen molar-refractivity contribution in [2.24, 2.45) is 0 Å². The lowest BCUT2D eigenvalue weighted by Crippen LogP contribution is -2.10. The third-order valence-corrected chi connectivity index (χ3v) is 18.2. The summed E-state index contributed by atoms with van der Waals surface area (Å²) in [5.74, 6) is -0.130. The normalized spacial score (nSPS) is 13.8. The van der Waals surface area contributed by atoms with Gasteiger partial charge in [-0.3, -0.25) is 0 Å². The number of phenolic OH excluding ortho intramolecular Hbond substituents is 13. The maximum absolute atomic E-state index is 10.4. The molecule has 0 bridgehead atoms. The Morgan fingerprint density at radius 1 is 0.175 bits per heavy atom. The van der Waals surface area contributed by atoms with E-state index in [9.17, 15) is 128 Å². The van der Waals surface area contributed by atoms with Crippen molar-refractivity contribution in [2.75, 3.05) is 35.5 Å². The van der Waals surface area contributed by atoms with Crippen molar-refractivity contribution in [3.05, 3.63) is 321 Å². The average molecular weight is 1660 g/mol. The van der Waals surface area contributed by atoms with Gasteiger partial charge in [-0.15, -0.1) is 0 Å². The summed E-state index contributed by atoms with van der Waals surface area (Å²) in [5, 5.41) is 244. The number of aryl methyl sites for hydroxylation is 1. The molecule has 0 heterocycles. The molecule has 0 spiro atoms. The Morgan fingerprint density at radius 3 is 0.750 bits per heavy atom. The molecule has 12 rings (SSSR count). The zero-order chi connectivity index (χ0) is 88.4. The van der Waals surface area contributed by atoms with Crippen LogP contribution in [0.5, 0.6) is 103 Å². The average Bonchev–Trinajstić information content (AvgIpc) is 0.836. The van der Waals surface area contributed by atoms with E-state index in [0.717, 1.165) is 35.9 Å². The smallest absolute Gasteiger partial charge is 0.160 e. The van der Waals surface area contributed by atoms with Crippen molar-refractivity contribution < 1.29 is 151 Å². The molecule has 0 aliphatic heterocycles. The quantitative estimate of drug-likeness (QED) is 0.0264. The number of aliphatic hydroxyl groups is 12. The van der Waals surface area contributed by atoms with Crippen LogP contribution in [-0.2, 0) is 0 Å². The highest BCUT2D eigenvalue weighted by atomic mass is 16.5. The van der Waals surface area contributed by atoms with E-state index in [0.29, 0.717) is 61.9 Å². The topological polar surface area (TPSA) is 552 Å². The van der Waals surface area contributed by atoms with Crippen molar-refractivity contribution in [2.45, 2.75) is 80.2 Å². The van der Waals surface area contributed by atoms with E-state index in [1.165, 1.54) is 143 Å². The van der Waals surface area contributed by atoms with Crippen molar-refractivity contribution >= 4 is 0 Å². The highest BCUT2D eigenvalue weighted by Gasteiger charge is 2.28. The SMILES string of the molecule is COc1cc(C(O)C(O)c2cc(O)cc(O)c2)ccc1O.COc1cc(O)cc(C(O)C(O)c2ccc(O)cc2)c1.COc1cc(OC)cc(C(O)C(O)c2ccc(C)cc2)c1.COc1ccc(C(O)C(O)c2cc(O)cc(O)c2)cc1.Oc1cc(O)cc(C(O)C(O)c2ccc(O)c(O)c2)c1.Oc1cc(O)cc(C(O)C(O)c2ccccc2)c1. The van der Waals surface area contributed by atoms with Gasteiger partial charge in [-0.1, -0.05) is 96.6 Å². The van der Waals surface area contributed by atoms with Crippen LogP contribution >= 0.6 is 0 Å². The Hall–Kier alpha value is -13.4. The minimum Gasteiger partial charge on any atom is -0.508 e. The van der Waals surface area contributed by atoms with Crippen molar-refractivity contribution in [1.82, 2.24) is 0 Å². The minimum absolute atomic E-state index is 0.0590. The summed E-state index contributed by atoms with van der Waals surface area (Å²) in [4.78, 5) is 0. The van der Waals surface area contributed by atoms with Crippen LogP contribution in [0.3, 0.4) is 0 Å². The lowest BCUT2D eigenvalue weighted by atomic mass is 9.97. The molecule has 0 radical (unpaired) electrons. The lowest BCUT2D eigenvalue weighted by Gasteiger charge is -2.20. The van der Waals surface area contributed by atoms with E-state index in [4.69, 9.17) is 23.7 Å². The summed E-state index contributed by atoms with van der Waals surface area (Å²) >= 11 is 0. The molecule has 12 atom stereocenters. The molecule has 25 N–H and O–H groups in total. The number of rotatable bonds is 23. The second kappa shape index (κ2) is 44.2. The van der Waals surface area contributed by atoms with Gasteiger partial charge in [0.25, 0.3) is 0 Å². The van der Waals surface area contributed by atoms with Gasteiger partial charge in [0.1, 0.15) is 154 Å². The van der Waals surface area contributed by atoms with Gasteiger partial charge in [-0.05, 0) is 195 Å². The Bertz CT molecular complexity index is 5110. The van der Waals surface area contributed by atoms with Gasteiger partial charge >= 0.3 is 0 Å². The van der Waals surface area contributed by atoms with Gasteiger partial charge < -0.3 is 151 Å². The first-order chi connectivity index (χ1) is 56.9. The van der Waals surface area contributed by atoms with Gasteiger partial charge in [-0.2, -0.15) is 0 Å². The fourth-order valence-corrected chi connectivity index (χ4v) is 11.7. The number of aromatic hydroxyl groups is 13. The number of ether oxygens (including phenoxy) is 5. The van der Waals surface area contributed by atoms with E-state index in [-0.39, 0.29) is 103 Å². The third-order valence-electron chi connectivity index (χ3n) is 18.2. The minimum atomic E-state index is -1.42. The molecule has 0 amide bonds. The number of aliphatic hydroxyl groups excluding tert-OH is 12. The fourth-order valence-electron chi connectivity index (χ4n) is 11.7. The van der Waals surface area contributed by atoms with Crippen LogP contribution in [0.15, 0.2) is 249 Å². The van der Waals surface area contributed by atoms with Gasteiger partial charge in [0.2, 0.25) is 0 Å². The van der Waals surface area contributed by atoms with Crippen LogP contribution in [0, 0.1) is 6.92 Å². The Labute approximate surface area is 688 Å². The Kier molecular flexibility index (Phi) is 34.5. The first-order valence-electron chi connectivity index (χ1n) is 36.3. The molecular formula is C90H96O30. The largest absolute Gasteiger partial charge is 0.508 e. The van der Waals surface area contributed by atoms with Crippen molar-refractivity contribution in [3.63, 3.8) is 0 Å². The summed E-state index contributed by atoms with van der Waals surface area (Å²) in [6.45, 7) is 1.97. The highest BCUT2D eigenvalue weighted by molar-refractivity contribution is 5.48. The summed E-state index contributed by atoms with van der Waals surface area (Å²) in [7, 11) is 7.44. The molecule has 0 saturated heterocycles. The van der Waals surface area contributed by atoms with Crippen LogP contribution in [-0.4, -0.2) is 163 Å². The summed E-state index contributed by atoms with van der Waals surface area (Å²) in [6.07, 6.45) is -14.7. The van der Waals surface area contributed by atoms with Crippen LogP contribution in [0.2, 0.25) is 0 Å². The molecule has 12 aromatic rings. The molecule has 12 unspecified atom stereocenters. The van der Waals surface area contributed by atoms with Gasteiger partial charge in [0, 0.05) is 36.4 Å². The molecule has 120 heavy (non-hydrogen) atoms. The summed E-state index contributed by atoms with van der Waals surface area (Å²) in [5.41, 5.74) is 5.41. The number of methoxy groups -OCH3 is 5.